The zero-order chi connectivity index (χ0) is 12.8. The number of nitrogens with zero attached hydrogens (tertiary/aromatic N) is 1. The van der Waals surface area contributed by atoms with Gasteiger partial charge >= 0.3 is 0 Å². The number of hydrogen-bond acceptors (Lipinski definition) is 4. The SMILES string of the molecule is CCCOc1cc(Sc2ccccn2)ccc1N. The number of rotatable bonds is 5. The minimum Gasteiger partial charge on any atom is -0.491 e. The highest BCUT2D eigenvalue weighted by Gasteiger charge is 2.04. The van der Waals surface area contributed by atoms with E-state index in [4.69, 9.17) is 10.5 Å². The van der Waals surface area contributed by atoms with E-state index in [9.17, 15) is 0 Å². The van der Waals surface area contributed by atoms with E-state index < -0.39 is 0 Å². The molecule has 2 N–H and O–H groups in total. The van der Waals surface area contributed by atoms with Gasteiger partial charge in [-0.15, -0.1) is 0 Å². The fraction of sp³-hybridized carbons (Fsp3) is 0.214. The molecule has 0 atom stereocenters. The predicted octanol–water partition coefficient (Wildman–Crippen LogP) is 3.60. The topological polar surface area (TPSA) is 48.1 Å². The quantitative estimate of drug-likeness (QED) is 0.834. The zero-order valence-corrected chi connectivity index (χ0v) is 11.1. The summed E-state index contributed by atoms with van der Waals surface area (Å²) in [6, 6.07) is 11.7. The first kappa shape index (κ1) is 12.8. The van der Waals surface area contributed by atoms with Crippen molar-refractivity contribution in [2.45, 2.75) is 23.3 Å². The van der Waals surface area contributed by atoms with Crippen LogP contribution in [-0.4, -0.2) is 11.6 Å². The molecule has 0 amide bonds. The monoisotopic (exact) mass is 260 g/mol. The fourth-order valence-corrected chi connectivity index (χ4v) is 2.25. The molecule has 2 rings (SSSR count). The van der Waals surface area contributed by atoms with E-state index in [-0.39, 0.29) is 0 Å². The number of ether oxygens (including phenoxy) is 1. The third-order valence-electron chi connectivity index (χ3n) is 2.31. The second-order valence-electron chi connectivity index (χ2n) is 3.82. The molecule has 94 valence electrons. The molecule has 0 aliphatic rings. The van der Waals surface area contributed by atoms with E-state index in [2.05, 4.69) is 11.9 Å². The first-order chi connectivity index (χ1) is 8.79. The average Bonchev–Trinajstić information content (AvgIpc) is 2.40. The van der Waals surface area contributed by atoms with Crippen molar-refractivity contribution in [3.63, 3.8) is 0 Å². The van der Waals surface area contributed by atoms with Crippen molar-refractivity contribution in [2.24, 2.45) is 0 Å². The van der Waals surface area contributed by atoms with Crippen LogP contribution in [0.4, 0.5) is 5.69 Å². The molecule has 18 heavy (non-hydrogen) atoms. The summed E-state index contributed by atoms with van der Waals surface area (Å²) < 4.78 is 5.61. The fourth-order valence-electron chi connectivity index (χ4n) is 1.44. The van der Waals surface area contributed by atoms with Gasteiger partial charge in [-0.05, 0) is 36.8 Å². The molecule has 0 radical (unpaired) electrons. The van der Waals surface area contributed by atoms with Crippen molar-refractivity contribution >= 4 is 17.4 Å². The van der Waals surface area contributed by atoms with Crippen LogP contribution in [0, 0.1) is 0 Å². The number of anilines is 1. The predicted molar refractivity (Wildman–Crippen MR) is 75.0 cm³/mol. The molecule has 4 heteroatoms. The maximum Gasteiger partial charge on any atom is 0.143 e. The summed E-state index contributed by atoms with van der Waals surface area (Å²) >= 11 is 1.60. The Morgan fingerprint density at radius 1 is 1.28 bits per heavy atom. The lowest BCUT2D eigenvalue weighted by Crippen LogP contribution is -1.98. The molecule has 0 aliphatic carbocycles. The molecule has 2 aromatic rings. The van der Waals surface area contributed by atoms with Gasteiger partial charge in [-0.25, -0.2) is 4.98 Å². The molecule has 3 nitrogen and oxygen atoms in total. The Labute approximate surface area is 111 Å². The Balaban J connectivity index is 2.14. The van der Waals surface area contributed by atoms with Crippen molar-refractivity contribution < 1.29 is 4.74 Å². The normalized spacial score (nSPS) is 10.3. The second-order valence-corrected chi connectivity index (χ2v) is 4.91. The molecule has 0 saturated heterocycles. The first-order valence-corrected chi connectivity index (χ1v) is 6.72. The molecular weight excluding hydrogens is 244 g/mol. The minimum atomic E-state index is 0.675. The first-order valence-electron chi connectivity index (χ1n) is 5.91. The minimum absolute atomic E-state index is 0.675. The standard InChI is InChI=1S/C14H16N2OS/c1-2-9-17-13-10-11(6-7-12(13)15)18-14-5-3-4-8-16-14/h3-8,10H,2,9,15H2,1H3. The second kappa shape index (κ2) is 6.31. The summed E-state index contributed by atoms with van der Waals surface area (Å²) in [4.78, 5) is 5.36. The van der Waals surface area contributed by atoms with Gasteiger partial charge < -0.3 is 10.5 Å². The van der Waals surface area contributed by atoms with Crippen LogP contribution >= 0.6 is 11.8 Å². The largest absolute Gasteiger partial charge is 0.491 e. The van der Waals surface area contributed by atoms with Crippen molar-refractivity contribution in [1.82, 2.24) is 4.98 Å². The highest BCUT2D eigenvalue weighted by Crippen LogP contribution is 2.31. The number of hydrogen-bond donors (Lipinski definition) is 1. The Kier molecular flexibility index (Phi) is 4.47. The summed E-state index contributed by atoms with van der Waals surface area (Å²) in [7, 11) is 0. The smallest absolute Gasteiger partial charge is 0.143 e. The number of aromatic nitrogens is 1. The van der Waals surface area contributed by atoms with Gasteiger partial charge in [0, 0.05) is 11.1 Å². The summed E-state index contributed by atoms with van der Waals surface area (Å²) in [5.41, 5.74) is 6.55. The van der Waals surface area contributed by atoms with E-state index >= 15 is 0 Å². The summed E-state index contributed by atoms with van der Waals surface area (Å²) in [6.45, 7) is 2.75. The lowest BCUT2D eigenvalue weighted by Gasteiger charge is -2.09. The highest BCUT2D eigenvalue weighted by atomic mass is 32.2. The van der Waals surface area contributed by atoms with Gasteiger partial charge in [0.2, 0.25) is 0 Å². The van der Waals surface area contributed by atoms with E-state index in [1.165, 1.54) is 0 Å². The molecule has 1 heterocycles. The van der Waals surface area contributed by atoms with E-state index in [0.717, 1.165) is 22.1 Å². The lowest BCUT2D eigenvalue weighted by molar-refractivity contribution is 0.318. The molecule has 1 aromatic carbocycles. The van der Waals surface area contributed by atoms with Gasteiger partial charge in [-0.3, -0.25) is 0 Å². The van der Waals surface area contributed by atoms with Crippen LogP contribution in [0.2, 0.25) is 0 Å². The average molecular weight is 260 g/mol. The van der Waals surface area contributed by atoms with Gasteiger partial charge in [0.25, 0.3) is 0 Å². The van der Waals surface area contributed by atoms with Crippen LogP contribution in [-0.2, 0) is 0 Å². The Morgan fingerprint density at radius 2 is 2.17 bits per heavy atom. The van der Waals surface area contributed by atoms with Crippen LogP contribution in [0.5, 0.6) is 5.75 Å². The van der Waals surface area contributed by atoms with Crippen LogP contribution < -0.4 is 10.5 Å². The van der Waals surface area contributed by atoms with Crippen LogP contribution in [0.15, 0.2) is 52.5 Å². The third-order valence-corrected chi connectivity index (χ3v) is 3.25. The molecular formula is C14H16N2OS. The van der Waals surface area contributed by atoms with Crippen molar-refractivity contribution in [1.29, 1.82) is 0 Å². The van der Waals surface area contributed by atoms with Crippen molar-refractivity contribution in [3.8, 4) is 5.75 Å². The number of nitrogens with two attached hydrogens (primary N) is 1. The molecule has 0 fully saturated rings. The van der Waals surface area contributed by atoms with Gasteiger partial charge in [0.15, 0.2) is 0 Å². The van der Waals surface area contributed by atoms with E-state index in [1.54, 1.807) is 18.0 Å². The van der Waals surface area contributed by atoms with Gasteiger partial charge in [0.1, 0.15) is 10.8 Å². The summed E-state index contributed by atoms with van der Waals surface area (Å²) in [5, 5.41) is 0.962. The molecule has 0 bridgehead atoms. The van der Waals surface area contributed by atoms with E-state index in [1.807, 2.05) is 36.4 Å². The zero-order valence-electron chi connectivity index (χ0n) is 10.3. The van der Waals surface area contributed by atoms with Crippen molar-refractivity contribution in [2.75, 3.05) is 12.3 Å². The maximum absolute atomic E-state index is 5.87. The Morgan fingerprint density at radius 3 is 2.89 bits per heavy atom. The number of pyridine rings is 1. The highest BCUT2D eigenvalue weighted by molar-refractivity contribution is 7.99. The molecule has 0 saturated carbocycles. The maximum atomic E-state index is 5.87. The van der Waals surface area contributed by atoms with Gasteiger partial charge in [-0.2, -0.15) is 0 Å². The van der Waals surface area contributed by atoms with Gasteiger partial charge in [0.05, 0.1) is 12.3 Å². The summed E-state index contributed by atoms with van der Waals surface area (Å²) in [6.07, 6.45) is 2.76. The molecule has 0 spiro atoms. The third kappa shape index (κ3) is 3.40. The molecule has 0 unspecified atom stereocenters. The van der Waals surface area contributed by atoms with Crippen molar-refractivity contribution in [3.05, 3.63) is 42.6 Å². The summed E-state index contributed by atoms with van der Waals surface area (Å²) in [5.74, 6) is 0.748. The number of benzene rings is 1. The van der Waals surface area contributed by atoms with E-state index in [0.29, 0.717) is 12.3 Å². The van der Waals surface area contributed by atoms with Gasteiger partial charge in [-0.1, -0.05) is 24.8 Å². The Bertz CT molecular complexity index is 502. The molecule has 0 aliphatic heterocycles. The van der Waals surface area contributed by atoms with Crippen LogP contribution in [0.1, 0.15) is 13.3 Å². The Hall–Kier alpha value is -1.68. The molecule has 1 aromatic heterocycles. The number of nitrogen functional groups attached to an aromatic ring is 1. The van der Waals surface area contributed by atoms with Crippen LogP contribution in [0.25, 0.3) is 0 Å². The van der Waals surface area contributed by atoms with Crippen LogP contribution in [0.3, 0.4) is 0 Å². The lowest BCUT2D eigenvalue weighted by atomic mass is 10.3.